The van der Waals surface area contributed by atoms with E-state index in [1.54, 1.807) is 6.92 Å². The largest absolute Gasteiger partial charge is 0.399 e. The van der Waals surface area contributed by atoms with Gasteiger partial charge in [0.05, 0.1) is 0 Å². The minimum atomic E-state index is 0.0668. The van der Waals surface area contributed by atoms with Crippen LogP contribution in [0.4, 0.5) is 11.4 Å². The van der Waals surface area contributed by atoms with E-state index in [2.05, 4.69) is 23.2 Å². The van der Waals surface area contributed by atoms with Crippen LogP contribution in [0.25, 0.3) is 0 Å². The van der Waals surface area contributed by atoms with Crippen molar-refractivity contribution in [3.8, 4) is 0 Å². The van der Waals surface area contributed by atoms with Crippen molar-refractivity contribution in [2.24, 2.45) is 0 Å². The van der Waals surface area contributed by atoms with Crippen LogP contribution in [-0.2, 0) is 4.79 Å². The van der Waals surface area contributed by atoms with Crippen LogP contribution in [0, 0.1) is 6.92 Å². The van der Waals surface area contributed by atoms with Gasteiger partial charge >= 0.3 is 0 Å². The van der Waals surface area contributed by atoms with E-state index >= 15 is 0 Å². The van der Waals surface area contributed by atoms with Crippen molar-refractivity contribution in [1.29, 1.82) is 0 Å². The van der Waals surface area contributed by atoms with Gasteiger partial charge in [-0.05, 0) is 43.5 Å². The van der Waals surface area contributed by atoms with Crippen molar-refractivity contribution < 1.29 is 4.79 Å². The molecule has 1 aromatic rings. The lowest BCUT2D eigenvalue weighted by Crippen LogP contribution is -2.44. The first-order valence-electron chi connectivity index (χ1n) is 6.44. The molecule has 4 nitrogen and oxygen atoms in total. The second-order valence-corrected chi connectivity index (χ2v) is 5.01. The van der Waals surface area contributed by atoms with Crippen LogP contribution in [0.2, 0.25) is 0 Å². The third-order valence-electron chi connectivity index (χ3n) is 3.46. The molecule has 1 aliphatic rings. The Hall–Kier alpha value is -1.71. The number of nitrogens with two attached hydrogens (primary N) is 1. The Balaban J connectivity index is 1.99. The van der Waals surface area contributed by atoms with Crippen molar-refractivity contribution in [2.45, 2.75) is 32.7 Å². The predicted molar refractivity (Wildman–Crippen MR) is 74.6 cm³/mol. The first kappa shape index (κ1) is 12.7. The maximum atomic E-state index is 11.0. The number of rotatable bonds is 2. The first-order chi connectivity index (χ1) is 8.56. The zero-order valence-electron chi connectivity index (χ0n) is 11.1. The highest BCUT2D eigenvalue weighted by Gasteiger charge is 2.20. The Morgan fingerprint density at radius 1 is 1.39 bits per heavy atom. The minimum Gasteiger partial charge on any atom is -0.399 e. The summed E-state index contributed by atoms with van der Waals surface area (Å²) >= 11 is 0. The van der Waals surface area contributed by atoms with E-state index in [9.17, 15) is 4.79 Å². The fourth-order valence-corrected chi connectivity index (χ4v) is 2.59. The van der Waals surface area contributed by atoms with E-state index in [4.69, 9.17) is 5.73 Å². The summed E-state index contributed by atoms with van der Waals surface area (Å²) in [5.41, 5.74) is 9.05. The molecule has 2 rings (SSSR count). The Bertz CT molecular complexity index is 437. The van der Waals surface area contributed by atoms with E-state index in [0.29, 0.717) is 6.04 Å². The van der Waals surface area contributed by atoms with Gasteiger partial charge < -0.3 is 16.0 Å². The smallest absolute Gasteiger partial charge is 0.217 e. The highest BCUT2D eigenvalue weighted by Crippen LogP contribution is 2.25. The molecule has 0 spiro atoms. The molecule has 18 heavy (non-hydrogen) atoms. The van der Waals surface area contributed by atoms with Gasteiger partial charge in [-0.2, -0.15) is 0 Å². The predicted octanol–water partition coefficient (Wildman–Crippen LogP) is 1.68. The molecule has 1 aliphatic heterocycles. The molecule has 0 unspecified atom stereocenters. The quantitative estimate of drug-likeness (QED) is 0.782. The molecule has 1 fully saturated rings. The average Bonchev–Trinajstić information content (AvgIpc) is 2.30. The highest BCUT2D eigenvalue weighted by atomic mass is 16.1. The van der Waals surface area contributed by atoms with Gasteiger partial charge in [-0.1, -0.05) is 0 Å². The van der Waals surface area contributed by atoms with Crippen molar-refractivity contribution in [2.75, 3.05) is 23.7 Å². The third-order valence-corrected chi connectivity index (χ3v) is 3.46. The number of aryl methyl sites for hydroxylation is 1. The number of nitrogens with one attached hydrogen (secondary N) is 1. The first-order valence-corrected chi connectivity index (χ1v) is 6.44. The monoisotopic (exact) mass is 247 g/mol. The zero-order valence-corrected chi connectivity index (χ0v) is 11.1. The summed E-state index contributed by atoms with van der Waals surface area (Å²) in [6.45, 7) is 5.63. The summed E-state index contributed by atoms with van der Waals surface area (Å²) < 4.78 is 0. The molecule has 0 saturated carbocycles. The van der Waals surface area contributed by atoms with Gasteiger partial charge in [-0.25, -0.2) is 0 Å². The van der Waals surface area contributed by atoms with Crippen molar-refractivity contribution in [3.05, 3.63) is 23.8 Å². The van der Waals surface area contributed by atoms with E-state index in [1.165, 1.54) is 11.3 Å². The average molecular weight is 247 g/mol. The lowest BCUT2D eigenvalue weighted by Gasteiger charge is -2.34. The Kier molecular flexibility index (Phi) is 3.75. The molecule has 0 bridgehead atoms. The number of piperidine rings is 1. The molecule has 0 radical (unpaired) electrons. The van der Waals surface area contributed by atoms with E-state index in [0.717, 1.165) is 31.6 Å². The fourth-order valence-electron chi connectivity index (χ4n) is 2.59. The van der Waals surface area contributed by atoms with Gasteiger partial charge in [0.25, 0.3) is 0 Å². The Morgan fingerprint density at radius 2 is 2.06 bits per heavy atom. The second-order valence-electron chi connectivity index (χ2n) is 5.01. The van der Waals surface area contributed by atoms with Gasteiger partial charge in [0, 0.05) is 37.4 Å². The molecule has 1 amide bonds. The summed E-state index contributed by atoms with van der Waals surface area (Å²) in [7, 11) is 0. The lowest BCUT2D eigenvalue weighted by molar-refractivity contribution is -0.119. The zero-order chi connectivity index (χ0) is 13.1. The molecule has 3 N–H and O–H groups in total. The Labute approximate surface area is 108 Å². The molecule has 0 aromatic heterocycles. The van der Waals surface area contributed by atoms with Gasteiger partial charge in [-0.3, -0.25) is 4.79 Å². The highest BCUT2D eigenvalue weighted by molar-refractivity contribution is 5.73. The summed E-state index contributed by atoms with van der Waals surface area (Å²) in [6, 6.07) is 6.37. The maximum Gasteiger partial charge on any atom is 0.217 e. The summed E-state index contributed by atoms with van der Waals surface area (Å²) in [4.78, 5) is 13.4. The SMILES string of the molecule is CC(=O)NC1CCN(c2ccc(N)cc2C)CC1. The molecule has 1 saturated heterocycles. The van der Waals surface area contributed by atoms with Gasteiger partial charge in [-0.15, -0.1) is 0 Å². The number of anilines is 2. The number of benzene rings is 1. The van der Waals surface area contributed by atoms with Crippen molar-refractivity contribution >= 4 is 17.3 Å². The molecule has 1 heterocycles. The minimum absolute atomic E-state index is 0.0668. The maximum absolute atomic E-state index is 11.0. The number of carbonyl (C=O) groups excluding carboxylic acids is 1. The Morgan fingerprint density at radius 3 is 2.61 bits per heavy atom. The van der Waals surface area contributed by atoms with Crippen LogP contribution in [0.15, 0.2) is 18.2 Å². The number of nitrogen functional groups attached to an aromatic ring is 1. The molecule has 0 atom stereocenters. The third kappa shape index (κ3) is 2.94. The topological polar surface area (TPSA) is 58.4 Å². The standard InChI is InChI=1S/C14H21N3O/c1-10-9-12(15)3-4-14(10)17-7-5-13(6-8-17)16-11(2)18/h3-4,9,13H,5-8,15H2,1-2H3,(H,16,18). The van der Waals surface area contributed by atoms with Crippen LogP contribution in [0.3, 0.4) is 0 Å². The van der Waals surface area contributed by atoms with Crippen LogP contribution >= 0.6 is 0 Å². The van der Waals surface area contributed by atoms with Gasteiger partial charge in [0.2, 0.25) is 5.91 Å². The van der Waals surface area contributed by atoms with Crippen LogP contribution < -0.4 is 16.0 Å². The number of hydrogen-bond acceptors (Lipinski definition) is 3. The van der Waals surface area contributed by atoms with Gasteiger partial charge in [0.15, 0.2) is 0 Å². The van der Waals surface area contributed by atoms with Gasteiger partial charge in [0.1, 0.15) is 0 Å². The van der Waals surface area contributed by atoms with Crippen LogP contribution in [-0.4, -0.2) is 25.0 Å². The molecular weight excluding hydrogens is 226 g/mol. The van der Waals surface area contributed by atoms with Crippen LogP contribution in [0.1, 0.15) is 25.3 Å². The molecule has 1 aromatic carbocycles. The fraction of sp³-hybridized carbons (Fsp3) is 0.500. The van der Waals surface area contributed by atoms with Crippen molar-refractivity contribution in [1.82, 2.24) is 5.32 Å². The van der Waals surface area contributed by atoms with E-state index in [-0.39, 0.29) is 5.91 Å². The normalized spacial score (nSPS) is 16.7. The molecule has 98 valence electrons. The summed E-state index contributed by atoms with van der Waals surface area (Å²) in [5.74, 6) is 0.0668. The number of nitrogens with zero attached hydrogens (tertiary/aromatic N) is 1. The second kappa shape index (κ2) is 5.29. The van der Waals surface area contributed by atoms with Crippen LogP contribution in [0.5, 0.6) is 0 Å². The summed E-state index contributed by atoms with van der Waals surface area (Å²) in [5, 5.41) is 2.99. The lowest BCUT2D eigenvalue weighted by atomic mass is 10.0. The summed E-state index contributed by atoms with van der Waals surface area (Å²) in [6.07, 6.45) is 2.01. The molecular formula is C14H21N3O. The number of hydrogen-bond donors (Lipinski definition) is 2. The number of carbonyl (C=O) groups is 1. The van der Waals surface area contributed by atoms with Crippen molar-refractivity contribution in [3.63, 3.8) is 0 Å². The van der Waals surface area contributed by atoms with E-state index < -0.39 is 0 Å². The number of amides is 1. The molecule has 0 aliphatic carbocycles. The molecule has 4 heteroatoms. The van der Waals surface area contributed by atoms with E-state index in [1.807, 2.05) is 12.1 Å².